The standard InChI is InChI=1S/C26H19F4NO5S/c27-21-6-1-4-19(14-21)25(32)31(17-23-7-3-13-35-23)16-18-9-11-22(12-10-18)36-37(33,34)24-8-2-5-20(15-24)26(28,29)30/h1-15H,16-17H2. The van der Waals surface area contributed by atoms with Crippen molar-refractivity contribution in [3.05, 3.63) is 119 Å². The van der Waals surface area contributed by atoms with Crippen LogP contribution in [0.1, 0.15) is 27.2 Å². The smallest absolute Gasteiger partial charge is 0.416 e. The summed E-state index contributed by atoms with van der Waals surface area (Å²) in [5, 5.41) is 0. The third-order valence-corrected chi connectivity index (χ3v) is 6.48. The summed E-state index contributed by atoms with van der Waals surface area (Å²) in [6, 6.07) is 17.5. The van der Waals surface area contributed by atoms with E-state index in [0.29, 0.717) is 17.4 Å². The summed E-state index contributed by atoms with van der Waals surface area (Å²) in [7, 11) is -4.53. The zero-order valence-electron chi connectivity index (χ0n) is 19.0. The van der Waals surface area contributed by atoms with Gasteiger partial charge in [-0.1, -0.05) is 24.3 Å². The molecule has 0 spiro atoms. The molecule has 0 aliphatic carbocycles. The number of rotatable bonds is 8. The summed E-state index contributed by atoms with van der Waals surface area (Å²) >= 11 is 0. The van der Waals surface area contributed by atoms with Crippen molar-refractivity contribution in [2.75, 3.05) is 0 Å². The molecular formula is C26H19F4NO5S. The summed E-state index contributed by atoms with van der Waals surface area (Å²) < 4.78 is 87.9. The Morgan fingerprint density at radius 3 is 2.27 bits per heavy atom. The normalized spacial score (nSPS) is 11.8. The zero-order chi connectivity index (χ0) is 26.6. The monoisotopic (exact) mass is 533 g/mol. The Morgan fingerprint density at radius 1 is 0.892 bits per heavy atom. The highest BCUT2D eigenvalue weighted by atomic mass is 32.2. The lowest BCUT2D eigenvalue weighted by Crippen LogP contribution is -2.30. The molecule has 0 bridgehead atoms. The molecule has 0 N–H and O–H groups in total. The molecule has 0 aliphatic heterocycles. The van der Waals surface area contributed by atoms with Crippen LogP contribution in [0.3, 0.4) is 0 Å². The SMILES string of the molecule is O=C(c1cccc(F)c1)N(Cc1ccc(OS(=O)(=O)c2cccc(C(F)(F)F)c2)cc1)Cc1ccco1. The molecule has 192 valence electrons. The molecule has 0 saturated heterocycles. The van der Waals surface area contributed by atoms with Crippen molar-refractivity contribution in [1.29, 1.82) is 0 Å². The van der Waals surface area contributed by atoms with Crippen molar-refractivity contribution < 1.29 is 39.4 Å². The molecule has 37 heavy (non-hydrogen) atoms. The number of nitrogens with zero attached hydrogens (tertiary/aromatic N) is 1. The van der Waals surface area contributed by atoms with Crippen molar-refractivity contribution in [3.8, 4) is 5.75 Å². The van der Waals surface area contributed by atoms with Gasteiger partial charge in [0, 0.05) is 12.1 Å². The number of halogens is 4. The van der Waals surface area contributed by atoms with Crippen molar-refractivity contribution in [1.82, 2.24) is 4.90 Å². The molecule has 3 aromatic carbocycles. The summed E-state index contributed by atoms with van der Waals surface area (Å²) in [4.78, 5) is 13.8. The Hall–Kier alpha value is -4.12. The van der Waals surface area contributed by atoms with Crippen LogP contribution in [0.25, 0.3) is 0 Å². The fourth-order valence-corrected chi connectivity index (χ4v) is 4.45. The molecule has 1 heterocycles. The number of carbonyl (C=O) groups is 1. The van der Waals surface area contributed by atoms with Crippen LogP contribution >= 0.6 is 0 Å². The first-order chi connectivity index (χ1) is 17.5. The Labute approximate surface area is 209 Å². The zero-order valence-corrected chi connectivity index (χ0v) is 19.8. The maximum absolute atomic E-state index is 13.7. The molecule has 0 saturated carbocycles. The number of amides is 1. The highest BCUT2D eigenvalue weighted by Gasteiger charge is 2.32. The van der Waals surface area contributed by atoms with Crippen LogP contribution in [-0.4, -0.2) is 19.2 Å². The third-order valence-electron chi connectivity index (χ3n) is 5.24. The van der Waals surface area contributed by atoms with Gasteiger partial charge >= 0.3 is 16.3 Å². The first-order valence-corrected chi connectivity index (χ1v) is 12.2. The molecule has 1 amide bonds. The van der Waals surface area contributed by atoms with Crippen LogP contribution < -0.4 is 4.18 Å². The number of alkyl halides is 3. The fourth-order valence-electron chi connectivity index (χ4n) is 3.47. The van der Waals surface area contributed by atoms with Crippen molar-refractivity contribution in [3.63, 3.8) is 0 Å². The second-order valence-corrected chi connectivity index (χ2v) is 9.50. The largest absolute Gasteiger partial charge is 0.467 e. The quantitative estimate of drug-likeness (QED) is 0.204. The van der Waals surface area contributed by atoms with E-state index >= 15 is 0 Å². The summed E-state index contributed by atoms with van der Waals surface area (Å²) in [6.07, 6.45) is -3.26. The molecule has 0 atom stereocenters. The van der Waals surface area contributed by atoms with E-state index in [2.05, 4.69) is 0 Å². The Bertz CT molecular complexity index is 1480. The topological polar surface area (TPSA) is 76.8 Å². The van der Waals surface area contributed by atoms with Crippen LogP contribution in [0.4, 0.5) is 17.6 Å². The number of furan rings is 1. The molecule has 4 aromatic rings. The molecule has 1 aromatic heterocycles. The predicted molar refractivity (Wildman–Crippen MR) is 124 cm³/mol. The minimum Gasteiger partial charge on any atom is -0.467 e. The lowest BCUT2D eigenvalue weighted by atomic mass is 10.1. The highest BCUT2D eigenvalue weighted by molar-refractivity contribution is 7.87. The van der Waals surface area contributed by atoms with Gasteiger partial charge in [-0.25, -0.2) is 4.39 Å². The summed E-state index contributed by atoms with van der Waals surface area (Å²) in [6.45, 7) is 0.154. The maximum Gasteiger partial charge on any atom is 0.416 e. The average molecular weight is 533 g/mol. The van der Waals surface area contributed by atoms with E-state index in [-0.39, 0.29) is 24.4 Å². The predicted octanol–water partition coefficient (Wildman–Crippen LogP) is 6.05. The third kappa shape index (κ3) is 6.56. The van der Waals surface area contributed by atoms with Gasteiger partial charge in [-0.3, -0.25) is 4.79 Å². The molecular weight excluding hydrogens is 514 g/mol. The number of hydrogen-bond acceptors (Lipinski definition) is 5. The average Bonchev–Trinajstić information content (AvgIpc) is 3.37. The van der Waals surface area contributed by atoms with Gasteiger partial charge in [-0.05, 0) is 66.2 Å². The molecule has 4 rings (SSSR count). The van der Waals surface area contributed by atoms with E-state index in [1.54, 1.807) is 12.1 Å². The summed E-state index contributed by atoms with van der Waals surface area (Å²) in [5.74, 6) is -0.650. The van der Waals surface area contributed by atoms with E-state index in [9.17, 15) is 30.8 Å². The number of hydrogen-bond donors (Lipinski definition) is 0. The van der Waals surface area contributed by atoms with Crippen LogP contribution in [0, 0.1) is 5.82 Å². The van der Waals surface area contributed by atoms with Gasteiger partial charge in [0.05, 0.1) is 18.4 Å². The van der Waals surface area contributed by atoms with Gasteiger partial charge in [0.2, 0.25) is 0 Å². The van der Waals surface area contributed by atoms with E-state index in [1.807, 2.05) is 0 Å². The molecule has 11 heteroatoms. The Balaban J connectivity index is 1.52. The fraction of sp³-hybridized carbons (Fsp3) is 0.115. The molecule has 0 aliphatic rings. The molecule has 0 unspecified atom stereocenters. The number of carbonyl (C=O) groups excluding carboxylic acids is 1. The second-order valence-electron chi connectivity index (χ2n) is 7.96. The van der Waals surface area contributed by atoms with Gasteiger partial charge in [-0.15, -0.1) is 0 Å². The van der Waals surface area contributed by atoms with Gasteiger partial charge in [0.25, 0.3) is 5.91 Å². The van der Waals surface area contributed by atoms with Gasteiger partial charge < -0.3 is 13.5 Å². The Morgan fingerprint density at radius 2 is 1.62 bits per heavy atom. The summed E-state index contributed by atoms with van der Waals surface area (Å²) in [5.41, 5.74) is -0.397. The van der Waals surface area contributed by atoms with Crippen molar-refractivity contribution in [2.45, 2.75) is 24.2 Å². The van der Waals surface area contributed by atoms with Crippen LogP contribution in [0.15, 0.2) is 101 Å². The lowest BCUT2D eigenvalue weighted by molar-refractivity contribution is -0.137. The maximum atomic E-state index is 13.7. The number of benzene rings is 3. The minimum absolute atomic E-state index is 0.0662. The van der Waals surface area contributed by atoms with E-state index in [1.165, 1.54) is 53.6 Å². The van der Waals surface area contributed by atoms with Gasteiger partial charge in [0.1, 0.15) is 22.2 Å². The molecule has 0 radical (unpaired) electrons. The van der Waals surface area contributed by atoms with Crippen molar-refractivity contribution in [2.24, 2.45) is 0 Å². The first kappa shape index (κ1) is 26.0. The second kappa shape index (κ2) is 10.5. The van der Waals surface area contributed by atoms with Gasteiger partial charge in [-0.2, -0.15) is 21.6 Å². The van der Waals surface area contributed by atoms with E-state index < -0.39 is 38.5 Å². The van der Waals surface area contributed by atoms with Crippen LogP contribution in [0.5, 0.6) is 5.75 Å². The Kier molecular flexibility index (Phi) is 7.35. The van der Waals surface area contributed by atoms with Crippen LogP contribution in [0.2, 0.25) is 0 Å². The lowest BCUT2D eigenvalue weighted by Gasteiger charge is -2.22. The van der Waals surface area contributed by atoms with Crippen molar-refractivity contribution >= 4 is 16.0 Å². The molecule has 0 fully saturated rings. The van der Waals surface area contributed by atoms with Crippen LogP contribution in [-0.2, 0) is 29.4 Å². The van der Waals surface area contributed by atoms with E-state index in [0.717, 1.165) is 24.3 Å². The van der Waals surface area contributed by atoms with E-state index in [4.69, 9.17) is 8.60 Å². The first-order valence-electron chi connectivity index (χ1n) is 10.8. The minimum atomic E-state index is -4.71. The van der Waals surface area contributed by atoms with Gasteiger partial charge in [0.15, 0.2) is 0 Å². The highest BCUT2D eigenvalue weighted by Crippen LogP contribution is 2.31. The molecule has 6 nitrogen and oxygen atoms in total.